The quantitative estimate of drug-likeness (QED) is 0.895. The minimum atomic E-state index is -0.258. The molecule has 0 unspecified atom stereocenters. The molecule has 1 aliphatic rings. The molecule has 1 fully saturated rings. The number of halogens is 1. The lowest BCUT2D eigenvalue weighted by molar-refractivity contribution is -0.127. The normalized spacial score (nSPS) is 19.4. The lowest BCUT2D eigenvalue weighted by Gasteiger charge is -2.32. The van der Waals surface area contributed by atoms with Crippen molar-refractivity contribution in [2.24, 2.45) is 5.92 Å². The second-order valence-electron chi connectivity index (χ2n) is 6.84. The number of amides is 1. The summed E-state index contributed by atoms with van der Waals surface area (Å²) in [5.74, 6) is -0.152. The topological polar surface area (TPSA) is 32.3 Å². The molecule has 3 nitrogen and oxygen atoms in total. The molecule has 1 amide bonds. The summed E-state index contributed by atoms with van der Waals surface area (Å²) >= 11 is 0. The lowest BCUT2D eigenvalue weighted by Crippen LogP contribution is -2.43. The number of hydrogen-bond donors (Lipinski definition) is 1. The average Bonchev–Trinajstić information content (AvgIpc) is 2.63. The predicted molar refractivity (Wildman–Crippen MR) is 97.4 cm³/mol. The van der Waals surface area contributed by atoms with Crippen LogP contribution >= 0.6 is 0 Å². The second-order valence-corrected chi connectivity index (χ2v) is 6.84. The molecular formula is C21H25FN2O. The summed E-state index contributed by atoms with van der Waals surface area (Å²) in [5.41, 5.74) is 2.20. The van der Waals surface area contributed by atoms with Crippen molar-refractivity contribution < 1.29 is 9.18 Å². The Morgan fingerprint density at radius 3 is 2.64 bits per heavy atom. The monoisotopic (exact) mass is 340 g/mol. The number of nitrogens with zero attached hydrogens (tertiary/aromatic N) is 1. The zero-order valence-electron chi connectivity index (χ0n) is 14.6. The fraction of sp³-hybridized carbons (Fsp3) is 0.381. The van der Waals surface area contributed by atoms with E-state index in [2.05, 4.69) is 22.3 Å². The standard InChI is InChI=1S/C21H25FN2O/c1-16(18-9-11-20(22)12-10-18)23-21(25)19-8-5-13-24(15-19)14-17-6-3-2-4-7-17/h2-4,6-7,9-12,16,19H,5,8,13-15H2,1H3,(H,23,25)/t16-,19+/m1/s1. The number of piperidine rings is 1. The van der Waals surface area contributed by atoms with Gasteiger partial charge in [0, 0.05) is 13.1 Å². The summed E-state index contributed by atoms with van der Waals surface area (Å²) in [6, 6.07) is 16.6. The van der Waals surface area contributed by atoms with E-state index >= 15 is 0 Å². The van der Waals surface area contributed by atoms with E-state index in [-0.39, 0.29) is 23.7 Å². The van der Waals surface area contributed by atoms with Gasteiger partial charge in [0.1, 0.15) is 5.82 Å². The van der Waals surface area contributed by atoms with Gasteiger partial charge in [-0.2, -0.15) is 0 Å². The van der Waals surface area contributed by atoms with Gasteiger partial charge >= 0.3 is 0 Å². The molecule has 0 spiro atoms. The number of carbonyl (C=O) groups excluding carboxylic acids is 1. The molecule has 0 aromatic heterocycles. The fourth-order valence-electron chi connectivity index (χ4n) is 3.42. The van der Waals surface area contributed by atoms with E-state index in [0.717, 1.165) is 38.0 Å². The highest BCUT2D eigenvalue weighted by atomic mass is 19.1. The van der Waals surface area contributed by atoms with Gasteiger partial charge in [0.15, 0.2) is 0 Å². The van der Waals surface area contributed by atoms with E-state index in [1.165, 1.54) is 17.7 Å². The highest BCUT2D eigenvalue weighted by Crippen LogP contribution is 2.20. The third-order valence-corrected chi connectivity index (χ3v) is 4.85. The van der Waals surface area contributed by atoms with Gasteiger partial charge in [-0.1, -0.05) is 42.5 Å². The summed E-state index contributed by atoms with van der Waals surface area (Å²) in [7, 11) is 0. The minimum Gasteiger partial charge on any atom is -0.349 e. The third-order valence-electron chi connectivity index (χ3n) is 4.85. The Kier molecular flexibility index (Phi) is 5.82. The molecule has 1 saturated heterocycles. The van der Waals surface area contributed by atoms with E-state index in [0.29, 0.717) is 0 Å². The largest absolute Gasteiger partial charge is 0.349 e. The Morgan fingerprint density at radius 2 is 1.92 bits per heavy atom. The number of benzene rings is 2. The van der Waals surface area contributed by atoms with Gasteiger partial charge in [-0.15, -0.1) is 0 Å². The molecule has 1 N–H and O–H groups in total. The van der Waals surface area contributed by atoms with Gasteiger partial charge in [0.25, 0.3) is 0 Å². The Labute approximate surface area is 148 Å². The molecule has 4 heteroatoms. The van der Waals surface area contributed by atoms with Crippen LogP contribution in [0.5, 0.6) is 0 Å². The van der Waals surface area contributed by atoms with Crippen molar-refractivity contribution in [3.05, 3.63) is 71.5 Å². The molecule has 0 saturated carbocycles. The molecule has 3 rings (SSSR count). The lowest BCUT2D eigenvalue weighted by atomic mass is 9.96. The van der Waals surface area contributed by atoms with Gasteiger partial charge in [-0.3, -0.25) is 9.69 Å². The van der Waals surface area contributed by atoms with Crippen molar-refractivity contribution >= 4 is 5.91 Å². The van der Waals surface area contributed by atoms with Crippen molar-refractivity contribution in [1.29, 1.82) is 0 Å². The summed E-state index contributed by atoms with van der Waals surface area (Å²) in [5, 5.41) is 3.08. The van der Waals surface area contributed by atoms with Crippen LogP contribution in [0.25, 0.3) is 0 Å². The number of nitrogens with one attached hydrogen (secondary N) is 1. The van der Waals surface area contributed by atoms with E-state index in [4.69, 9.17) is 0 Å². The Bertz CT molecular complexity index is 687. The van der Waals surface area contributed by atoms with Crippen LogP contribution in [0.15, 0.2) is 54.6 Å². The number of hydrogen-bond acceptors (Lipinski definition) is 2. The van der Waals surface area contributed by atoms with Gasteiger partial charge in [0.2, 0.25) is 5.91 Å². The average molecular weight is 340 g/mol. The zero-order chi connectivity index (χ0) is 17.6. The van der Waals surface area contributed by atoms with Gasteiger partial charge in [-0.25, -0.2) is 4.39 Å². The van der Waals surface area contributed by atoms with Crippen LogP contribution in [0.1, 0.15) is 36.9 Å². The summed E-state index contributed by atoms with van der Waals surface area (Å²) in [6.45, 7) is 4.65. The maximum Gasteiger partial charge on any atom is 0.224 e. The molecule has 0 aliphatic carbocycles. The molecule has 2 atom stereocenters. The molecule has 132 valence electrons. The molecule has 25 heavy (non-hydrogen) atoms. The van der Waals surface area contributed by atoms with Crippen LogP contribution in [0.2, 0.25) is 0 Å². The second kappa shape index (κ2) is 8.26. The summed E-state index contributed by atoms with van der Waals surface area (Å²) in [6.07, 6.45) is 1.96. The van der Waals surface area contributed by atoms with E-state index < -0.39 is 0 Å². The first-order valence-corrected chi connectivity index (χ1v) is 8.94. The van der Waals surface area contributed by atoms with Crippen molar-refractivity contribution in [3.63, 3.8) is 0 Å². The highest BCUT2D eigenvalue weighted by Gasteiger charge is 2.26. The zero-order valence-corrected chi connectivity index (χ0v) is 14.6. The number of rotatable bonds is 5. The molecule has 1 heterocycles. The van der Waals surface area contributed by atoms with Crippen LogP contribution in [0, 0.1) is 11.7 Å². The molecule has 2 aromatic rings. The van der Waals surface area contributed by atoms with Crippen LogP contribution in [-0.2, 0) is 11.3 Å². The first-order chi connectivity index (χ1) is 12.1. The molecular weight excluding hydrogens is 315 g/mol. The first-order valence-electron chi connectivity index (χ1n) is 8.94. The maximum atomic E-state index is 13.0. The van der Waals surface area contributed by atoms with Gasteiger partial charge in [0.05, 0.1) is 12.0 Å². The molecule has 1 aliphatic heterocycles. The van der Waals surface area contributed by atoms with Crippen molar-refractivity contribution in [2.45, 2.75) is 32.4 Å². The smallest absolute Gasteiger partial charge is 0.224 e. The van der Waals surface area contributed by atoms with Crippen LogP contribution < -0.4 is 5.32 Å². The molecule has 0 radical (unpaired) electrons. The summed E-state index contributed by atoms with van der Waals surface area (Å²) in [4.78, 5) is 15.0. The third kappa shape index (κ3) is 4.89. The highest BCUT2D eigenvalue weighted by molar-refractivity contribution is 5.79. The molecule has 2 aromatic carbocycles. The number of likely N-dealkylation sites (tertiary alicyclic amines) is 1. The minimum absolute atomic E-state index is 0.0142. The van der Waals surface area contributed by atoms with E-state index in [1.54, 1.807) is 12.1 Å². The summed E-state index contributed by atoms with van der Waals surface area (Å²) < 4.78 is 13.0. The van der Waals surface area contributed by atoms with Gasteiger partial charge < -0.3 is 5.32 Å². The van der Waals surface area contributed by atoms with Gasteiger partial charge in [-0.05, 0) is 49.6 Å². The Balaban J connectivity index is 1.55. The van der Waals surface area contributed by atoms with Crippen molar-refractivity contribution in [2.75, 3.05) is 13.1 Å². The Hall–Kier alpha value is -2.20. The molecule has 0 bridgehead atoms. The SMILES string of the molecule is C[C@@H](NC(=O)[C@H]1CCCN(Cc2ccccc2)C1)c1ccc(F)cc1. The predicted octanol–water partition coefficient (Wildman–Crippen LogP) is 3.92. The fourth-order valence-corrected chi connectivity index (χ4v) is 3.42. The van der Waals surface area contributed by atoms with Crippen LogP contribution in [0.4, 0.5) is 4.39 Å². The van der Waals surface area contributed by atoms with Crippen molar-refractivity contribution in [3.8, 4) is 0 Å². The first kappa shape index (κ1) is 17.6. The van der Waals surface area contributed by atoms with Crippen molar-refractivity contribution in [1.82, 2.24) is 10.2 Å². The number of carbonyl (C=O) groups is 1. The Morgan fingerprint density at radius 1 is 1.20 bits per heavy atom. The van der Waals surface area contributed by atoms with Crippen LogP contribution in [-0.4, -0.2) is 23.9 Å². The van der Waals surface area contributed by atoms with E-state index in [1.807, 2.05) is 25.1 Å². The maximum absolute atomic E-state index is 13.0. The van der Waals surface area contributed by atoms with E-state index in [9.17, 15) is 9.18 Å². The van der Waals surface area contributed by atoms with Crippen LogP contribution in [0.3, 0.4) is 0 Å².